The van der Waals surface area contributed by atoms with Gasteiger partial charge >= 0.3 is 0 Å². The number of hydrogen-bond donors (Lipinski definition) is 0. The van der Waals surface area contributed by atoms with Crippen molar-refractivity contribution in [3.8, 4) is 11.1 Å². The molecule has 3 heterocycles. The number of nitrogens with zero attached hydrogens (tertiary/aromatic N) is 5. The molecule has 0 radical (unpaired) electrons. The van der Waals surface area contributed by atoms with Crippen molar-refractivity contribution in [2.75, 3.05) is 31.1 Å². The molecule has 0 amide bonds. The quantitative estimate of drug-likeness (QED) is 0.151. The van der Waals surface area contributed by atoms with Crippen molar-refractivity contribution in [1.82, 2.24) is 19.3 Å². The average Bonchev–Trinajstić information content (AvgIpc) is 3.15. The number of halogens is 1. The Bertz CT molecular complexity index is 2180. The molecule has 1 aliphatic rings. The predicted octanol–water partition coefficient (Wildman–Crippen LogP) is 6.80. The topological polar surface area (TPSA) is 88.5 Å². The van der Waals surface area contributed by atoms with E-state index in [1.807, 2.05) is 54.9 Å². The van der Waals surface area contributed by atoms with Crippen molar-refractivity contribution in [3.05, 3.63) is 139 Å². The van der Waals surface area contributed by atoms with Crippen LogP contribution in [0.3, 0.4) is 0 Å². The van der Waals surface area contributed by atoms with Gasteiger partial charge in [0.05, 0.1) is 17.5 Å². The highest BCUT2D eigenvalue weighted by atomic mass is 35.5. The van der Waals surface area contributed by atoms with Gasteiger partial charge in [-0.05, 0) is 68.1 Å². The lowest BCUT2D eigenvalue weighted by molar-refractivity contribution is 0.222. The maximum Gasteiger partial charge on any atom is 0.261 e. The predicted molar refractivity (Wildman–Crippen MR) is 208 cm³/mol. The van der Waals surface area contributed by atoms with Gasteiger partial charge in [-0.3, -0.25) is 4.98 Å². The molecule has 0 spiro atoms. The van der Waals surface area contributed by atoms with Gasteiger partial charge < -0.3 is 9.33 Å². The maximum absolute atomic E-state index is 14.3. The van der Waals surface area contributed by atoms with E-state index in [9.17, 15) is 8.42 Å². The van der Waals surface area contributed by atoms with E-state index in [0.29, 0.717) is 17.5 Å². The van der Waals surface area contributed by atoms with Crippen molar-refractivity contribution in [2.45, 2.75) is 36.7 Å². The third-order valence-electron chi connectivity index (χ3n) is 9.67. The number of rotatable bonds is 9. The minimum atomic E-state index is -3.85. The first-order chi connectivity index (χ1) is 24.6. The van der Waals surface area contributed by atoms with Crippen LogP contribution in [0.1, 0.15) is 20.8 Å². The highest BCUT2D eigenvalue weighted by Crippen LogP contribution is 2.37. The molecule has 51 heavy (non-hydrogen) atoms. The summed E-state index contributed by atoms with van der Waals surface area (Å²) >= 11 is 6.21. The zero-order chi connectivity index (χ0) is 35.6. The molecule has 260 valence electrons. The van der Waals surface area contributed by atoms with Crippen molar-refractivity contribution in [1.29, 1.82) is 0 Å². The normalized spacial score (nSPS) is 16.0. The molecule has 4 aromatic carbocycles. The van der Waals surface area contributed by atoms with Crippen molar-refractivity contribution in [3.63, 3.8) is 0 Å². The van der Waals surface area contributed by atoms with Gasteiger partial charge in [-0.15, -0.1) is 0 Å². The van der Waals surface area contributed by atoms with E-state index >= 15 is 0 Å². The lowest BCUT2D eigenvalue weighted by Gasteiger charge is -2.46. The zero-order valence-electron chi connectivity index (χ0n) is 28.9. The van der Waals surface area contributed by atoms with Gasteiger partial charge in [0.25, 0.3) is 8.32 Å². The van der Waals surface area contributed by atoms with Crippen LogP contribution in [-0.4, -0.2) is 68.3 Å². The molecular weight excluding hydrogens is 694 g/mol. The summed E-state index contributed by atoms with van der Waals surface area (Å²) < 4.78 is 37.6. The molecule has 1 unspecified atom stereocenters. The van der Waals surface area contributed by atoms with Crippen LogP contribution in [0.4, 0.5) is 5.95 Å². The zero-order valence-corrected chi connectivity index (χ0v) is 31.4. The molecule has 1 atom stereocenters. The Morgan fingerprint density at radius 1 is 0.784 bits per heavy atom. The van der Waals surface area contributed by atoms with Gasteiger partial charge in [0, 0.05) is 55.0 Å². The minimum absolute atomic E-state index is 0.203. The summed E-state index contributed by atoms with van der Waals surface area (Å²) in [6, 6.07) is 35.1. The first-order valence-electron chi connectivity index (χ1n) is 17.0. The second-order valence-electron chi connectivity index (χ2n) is 13.8. The van der Waals surface area contributed by atoms with Gasteiger partial charge in [-0.25, -0.2) is 18.4 Å². The van der Waals surface area contributed by atoms with Crippen molar-refractivity contribution in [2.24, 2.45) is 0 Å². The Hall–Kier alpha value is -4.45. The third kappa shape index (κ3) is 6.94. The number of anilines is 1. The minimum Gasteiger partial charge on any atom is -0.405 e. The number of sulfonamides is 1. The van der Waals surface area contributed by atoms with Crippen LogP contribution in [0.5, 0.6) is 0 Å². The Morgan fingerprint density at radius 2 is 1.39 bits per heavy atom. The molecule has 8 nitrogen and oxygen atoms in total. The van der Waals surface area contributed by atoms with E-state index in [0.717, 1.165) is 32.3 Å². The standard InChI is InChI=1S/C40H40ClN5O3SSi/c1-40(2,3)51(37-10-6-4-7-11-37,38-12-8-5-9-13-38)49-29-35-28-45(50(47,48)36-17-15-31-24-34(41)16-14-32(31)25-36)22-23-46(35)39-43-26-33(27-44-39)30-18-20-42-21-19-30/h4-21,24-27,35H,22-23,28-29H2,1-3H3. The fraction of sp³-hybridized carbons (Fsp3) is 0.225. The summed E-state index contributed by atoms with van der Waals surface area (Å²) in [5.41, 5.74) is 1.84. The highest BCUT2D eigenvalue weighted by molar-refractivity contribution is 7.89. The van der Waals surface area contributed by atoms with E-state index in [2.05, 4.69) is 79.2 Å². The Kier molecular flexibility index (Phi) is 9.79. The monoisotopic (exact) mass is 733 g/mol. The summed E-state index contributed by atoms with van der Waals surface area (Å²) in [7, 11) is -6.78. The first kappa shape index (κ1) is 35.0. The summed E-state index contributed by atoms with van der Waals surface area (Å²) in [5.74, 6) is 0.531. The van der Waals surface area contributed by atoms with E-state index in [1.165, 1.54) is 0 Å². The number of benzene rings is 4. The van der Waals surface area contributed by atoms with Crippen molar-refractivity contribution < 1.29 is 12.8 Å². The molecule has 0 saturated carbocycles. The molecule has 1 fully saturated rings. The fourth-order valence-electron chi connectivity index (χ4n) is 7.10. The molecule has 11 heteroatoms. The molecule has 6 aromatic rings. The van der Waals surface area contributed by atoms with E-state index in [-0.39, 0.29) is 35.7 Å². The summed E-state index contributed by atoms with van der Waals surface area (Å²) in [4.78, 5) is 16.1. The summed E-state index contributed by atoms with van der Waals surface area (Å²) in [6.07, 6.45) is 7.10. The number of hydrogen-bond acceptors (Lipinski definition) is 7. The van der Waals surface area contributed by atoms with Crippen LogP contribution in [0, 0.1) is 0 Å². The van der Waals surface area contributed by atoms with Crippen LogP contribution < -0.4 is 15.3 Å². The van der Waals surface area contributed by atoms with Crippen LogP contribution in [0.15, 0.2) is 139 Å². The average molecular weight is 734 g/mol. The number of piperazine rings is 1. The molecular formula is C40H40ClN5O3SSi. The van der Waals surface area contributed by atoms with Gasteiger partial charge in [0.15, 0.2) is 0 Å². The Balaban J connectivity index is 1.26. The van der Waals surface area contributed by atoms with Gasteiger partial charge in [-0.2, -0.15) is 4.31 Å². The number of fused-ring (bicyclic) bond motifs is 1. The second-order valence-corrected chi connectivity index (χ2v) is 20.5. The smallest absolute Gasteiger partial charge is 0.261 e. The van der Waals surface area contributed by atoms with E-state index in [1.54, 1.807) is 34.9 Å². The SMILES string of the molecule is CC(C)(C)[Si](OCC1CN(S(=O)(=O)c2ccc3cc(Cl)ccc3c2)CCN1c1ncc(-c2ccncc2)cn1)(c1ccccc1)c1ccccc1. The summed E-state index contributed by atoms with van der Waals surface area (Å²) in [6.45, 7) is 7.85. The molecule has 1 saturated heterocycles. The van der Waals surface area contributed by atoms with Crippen LogP contribution in [0.25, 0.3) is 21.9 Å². The first-order valence-corrected chi connectivity index (χ1v) is 20.7. The summed E-state index contributed by atoms with van der Waals surface area (Å²) in [5, 5.41) is 4.37. The van der Waals surface area contributed by atoms with Gasteiger partial charge in [0.1, 0.15) is 0 Å². The van der Waals surface area contributed by atoms with Gasteiger partial charge in [-0.1, -0.05) is 105 Å². The lowest BCUT2D eigenvalue weighted by Crippen LogP contribution is -2.68. The molecule has 0 bridgehead atoms. The van der Waals surface area contributed by atoms with Crippen LogP contribution in [0.2, 0.25) is 10.1 Å². The molecule has 0 aliphatic carbocycles. The van der Waals surface area contributed by atoms with Crippen LogP contribution >= 0.6 is 11.6 Å². The largest absolute Gasteiger partial charge is 0.405 e. The maximum atomic E-state index is 14.3. The van der Waals surface area contributed by atoms with Crippen molar-refractivity contribution >= 4 is 57.0 Å². The highest BCUT2D eigenvalue weighted by Gasteiger charge is 2.51. The molecule has 7 rings (SSSR count). The molecule has 1 aliphatic heterocycles. The molecule has 0 N–H and O–H groups in total. The fourth-order valence-corrected chi connectivity index (χ4v) is 13.4. The van der Waals surface area contributed by atoms with Crippen LogP contribution in [-0.2, 0) is 14.4 Å². The Labute approximate surface area is 305 Å². The third-order valence-corrected chi connectivity index (χ3v) is 16.8. The number of pyridine rings is 1. The number of aromatic nitrogens is 3. The lowest BCUT2D eigenvalue weighted by atomic mass is 10.1. The van der Waals surface area contributed by atoms with Gasteiger partial charge in [0.2, 0.25) is 16.0 Å². The van der Waals surface area contributed by atoms with E-state index in [4.69, 9.17) is 26.0 Å². The van der Waals surface area contributed by atoms with E-state index < -0.39 is 18.3 Å². The Morgan fingerprint density at radius 3 is 2.02 bits per heavy atom. The second kappa shape index (κ2) is 14.3. The molecule has 2 aromatic heterocycles.